The van der Waals surface area contributed by atoms with E-state index in [1.807, 2.05) is 18.0 Å². The maximum Gasteiger partial charge on any atom is 0.0452 e. The SMILES string of the molecule is CC1=CCCCC1SNc1ccccc1. The zero-order chi connectivity index (χ0) is 10.5. The fraction of sp³-hybridized carbons (Fsp3) is 0.385. The van der Waals surface area contributed by atoms with Crippen molar-refractivity contribution in [3.05, 3.63) is 42.0 Å². The summed E-state index contributed by atoms with van der Waals surface area (Å²) in [6, 6.07) is 10.4. The minimum Gasteiger partial charge on any atom is -0.329 e. The van der Waals surface area contributed by atoms with E-state index in [-0.39, 0.29) is 0 Å². The van der Waals surface area contributed by atoms with Crippen LogP contribution in [0.3, 0.4) is 0 Å². The number of nitrogens with one attached hydrogen (secondary N) is 1. The van der Waals surface area contributed by atoms with Gasteiger partial charge in [-0.15, -0.1) is 0 Å². The maximum atomic E-state index is 3.42. The summed E-state index contributed by atoms with van der Waals surface area (Å²) in [5.74, 6) is 0. The Labute approximate surface area is 96.1 Å². The van der Waals surface area contributed by atoms with Crippen LogP contribution in [0, 0.1) is 0 Å². The largest absolute Gasteiger partial charge is 0.329 e. The Bertz CT molecular complexity index is 332. The molecule has 0 bridgehead atoms. The molecule has 1 aliphatic rings. The maximum absolute atomic E-state index is 3.42. The molecule has 1 aromatic carbocycles. The summed E-state index contributed by atoms with van der Waals surface area (Å²) >= 11 is 1.84. The van der Waals surface area contributed by atoms with Gasteiger partial charge in [-0.3, -0.25) is 0 Å². The lowest BCUT2D eigenvalue weighted by Gasteiger charge is -2.21. The van der Waals surface area contributed by atoms with Gasteiger partial charge in [0.05, 0.1) is 0 Å². The van der Waals surface area contributed by atoms with E-state index in [4.69, 9.17) is 0 Å². The molecule has 0 spiro atoms. The predicted octanol–water partition coefficient (Wildman–Crippen LogP) is 4.25. The summed E-state index contributed by atoms with van der Waals surface area (Å²) in [6.45, 7) is 2.24. The minimum atomic E-state index is 0.652. The standard InChI is InChI=1S/C13H17NS/c1-11-7-5-6-10-13(11)15-14-12-8-3-2-4-9-12/h2-4,7-9,13-14H,5-6,10H2,1H3. The third-order valence-corrected chi connectivity index (χ3v) is 3.98. The normalized spacial score (nSPS) is 20.9. The zero-order valence-corrected chi connectivity index (χ0v) is 9.89. The molecule has 0 radical (unpaired) electrons. The molecule has 2 heteroatoms. The van der Waals surface area contributed by atoms with E-state index in [1.54, 1.807) is 0 Å². The van der Waals surface area contributed by atoms with E-state index in [2.05, 4.69) is 42.0 Å². The number of hydrogen-bond donors (Lipinski definition) is 1. The van der Waals surface area contributed by atoms with Crippen molar-refractivity contribution in [1.29, 1.82) is 0 Å². The molecule has 1 aliphatic carbocycles. The second kappa shape index (κ2) is 5.26. The van der Waals surface area contributed by atoms with Crippen molar-refractivity contribution in [1.82, 2.24) is 0 Å². The quantitative estimate of drug-likeness (QED) is 0.602. The summed E-state index contributed by atoms with van der Waals surface area (Å²) in [5, 5.41) is 0.652. The molecule has 0 heterocycles. The Morgan fingerprint density at radius 3 is 2.80 bits per heavy atom. The first-order chi connectivity index (χ1) is 7.36. The van der Waals surface area contributed by atoms with Crippen LogP contribution in [-0.2, 0) is 0 Å². The monoisotopic (exact) mass is 219 g/mol. The lowest BCUT2D eigenvalue weighted by atomic mass is 10.0. The molecule has 80 valence electrons. The van der Waals surface area contributed by atoms with E-state index in [0.717, 1.165) is 0 Å². The van der Waals surface area contributed by atoms with Crippen LogP contribution in [0.1, 0.15) is 26.2 Å². The Morgan fingerprint density at radius 2 is 2.07 bits per heavy atom. The van der Waals surface area contributed by atoms with Crippen molar-refractivity contribution >= 4 is 17.6 Å². The lowest BCUT2D eigenvalue weighted by molar-refractivity contribution is 0.714. The van der Waals surface area contributed by atoms with Gasteiger partial charge in [-0.1, -0.05) is 29.8 Å². The van der Waals surface area contributed by atoms with Gasteiger partial charge in [0.25, 0.3) is 0 Å². The fourth-order valence-electron chi connectivity index (χ4n) is 1.79. The molecular weight excluding hydrogens is 202 g/mol. The van der Waals surface area contributed by atoms with Gasteiger partial charge >= 0.3 is 0 Å². The van der Waals surface area contributed by atoms with Gasteiger partial charge in [0, 0.05) is 10.9 Å². The first kappa shape index (κ1) is 10.6. The number of hydrogen-bond acceptors (Lipinski definition) is 2. The fourth-order valence-corrected chi connectivity index (χ4v) is 2.77. The Morgan fingerprint density at radius 1 is 1.27 bits per heavy atom. The van der Waals surface area contributed by atoms with Gasteiger partial charge in [-0.2, -0.15) is 0 Å². The number of benzene rings is 1. The van der Waals surface area contributed by atoms with Crippen molar-refractivity contribution in [3.8, 4) is 0 Å². The molecular formula is C13H17NS. The molecule has 0 aliphatic heterocycles. The van der Waals surface area contributed by atoms with Crippen LogP contribution in [0.5, 0.6) is 0 Å². The van der Waals surface area contributed by atoms with Gasteiger partial charge in [-0.25, -0.2) is 0 Å². The van der Waals surface area contributed by atoms with Crippen LogP contribution in [-0.4, -0.2) is 5.25 Å². The van der Waals surface area contributed by atoms with Crippen LogP contribution in [0.2, 0.25) is 0 Å². The van der Waals surface area contributed by atoms with Gasteiger partial charge in [0.2, 0.25) is 0 Å². The summed E-state index contributed by atoms with van der Waals surface area (Å²) in [7, 11) is 0. The summed E-state index contributed by atoms with van der Waals surface area (Å²) in [6.07, 6.45) is 6.25. The van der Waals surface area contributed by atoms with E-state index in [0.29, 0.717) is 5.25 Å². The molecule has 1 aromatic rings. The van der Waals surface area contributed by atoms with Crippen LogP contribution in [0.4, 0.5) is 5.69 Å². The molecule has 0 fully saturated rings. The molecule has 0 saturated carbocycles. The predicted molar refractivity (Wildman–Crippen MR) is 69.1 cm³/mol. The summed E-state index contributed by atoms with van der Waals surface area (Å²) in [5.41, 5.74) is 2.72. The van der Waals surface area contributed by atoms with Crippen molar-refractivity contribution in [2.24, 2.45) is 0 Å². The molecule has 1 N–H and O–H groups in total. The second-order valence-electron chi connectivity index (χ2n) is 3.95. The first-order valence-electron chi connectivity index (χ1n) is 5.49. The van der Waals surface area contributed by atoms with Gasteiger partial charge in [0.15, 0.2) is 0 Å². The van der Waals surface area contributed by atoms with Crippen molar-refractivity contribution < 1.29 is 0 Å². The minimum absolute atomic E-state index is 0.652. The topological polar surface area (TPSA) is 12.0 Å². The molecule has 0 aromatic heterocycles. The van der Waals surface area contributed by atoms with E-state index in [1.165, 1.54) is 30.5 Å². The average Bonchev–Trinajstić information content (AvgIpc) is 2.29. The smallest absolute Gasteiger partial charge is 0.0452 e. The van der Waals surface area contributed by atoms with Crippen LogP contribution in [0.15, 0.2) is 42.0 Å². The number of allylic oxidation sites excluding steroid dienone is 1. The van der Waals surface area contributed by atoms with Crippen molar-refractivity contribution in [3.63, 3.8) is 0 Å². The van der Waals surface area contributed by atoms with Crippen molar-refractivity contribution in [2.75, 3.05) is 4.72 Å². The highest BCUT2D eigenvalue weighted by Crippen LogP contribution is 2.29. The lowest BCUT2D eigenvalue weighted by Crippen LogP contribution is -2.10. The molecule has 1 nitrogen and oxygen atoms in total. The first-order valence-corrected chi connectivity index (χ1v) is 6.37. The van der Waals surface area contributed by atoms with Gasteiger partial charge < -0.3 is 4.72 Å². The molecule has 1 unspecified atom stereocenters. The molecule has 1 atom stereocenters. The number of anilines is 1. The highest BCUT2D eigenvalue weighted by molar-refractivity contribution is 8.01. The Kier molecular flexibility index (Phi) is 3.73. The summed E-state index contributed by atoms with van der Waals surface area (Å²) in [4.78, 5) is 0. The van der Waals surface area contributed by atoms with Gasteiger partial charge in [0.1, 0.15) is 0 Å². The highest BCUT2D eigenvalue weighted by Gasteiger charge is 2.14. The molecule has 0 amide bonds. The molecule has 15 heavy (non-hydrogen) atoms. The highest BCUT2D eigenvalue weighted by atomic mass is 32.2. The van der Waals surface area contributed by atoms with Crippen LogP contribution < -0.4 is 4.72 Å². The molecule has 0 saturated heterocycles. The number of para-hydroxylation sites is 1. The Balaban J connectivity index is 1.88. The third kappa shape index (κ3) is 3.03. The van der Waals surface area contributed by atoms with Crippen LogP contribution in [0.25, 0.3) is 0 Å². The van der Waals surface area contributed by atoms with Gasteiger partial charge in [-0.05, 0) is 50.3 Å². The van der Waals surface area contributed by atoms with E-state index in [9.17, 15) is 0 Å². The molecule has 2 rings (SSSR count). The number of rotatable bonds is 3. The second-order valence-corrected chi connectivity index (χ2v) is 4.96. The Hall–Kier alpha value is -0.890. The summed E-state index contributed by atoms with van der Waals surface area (Å²) < 4.78 is 3.42. The zero-order valence-electron chi connectivity index (χ0n) is 9.07. The van der Waals surface area contributed by atoms with E-state index < -0.39 is 0 Å². The third-order valence-electron chi connectivity index (χ3n) is 2.74. The van der Waals surface area contributed by atoms with E-state index >= 15 is 0 Å². The van der Waals surface area contributed by atoms with Crippen LogP contribution >= 0.6 is 11.9 Å². The average molecular weight is 219 g/mol. The van der Waals surface area contributed by atoms with Crippen molar-refractivity contribution in [2.45, 2.75) is 31.4 Å².